The van der Waals surface area contributed by atoms with E-state index in [0.717, 1.165) is 44.7 Å². The summed E-state index contributed by atoms with van der Waals surface area (Å²) in [6.45, 7) is 15.7. The molecule has 29 heavy (non-hydrogen) atoms. The number of carbonyl (C=O) groups excluding carboxylic acids is 2. The van der Waals surface area contributed by atoms with E-state index in [9.17, 15) is 9.59 Å². The number of piperazine rings is 1. The molecule has 2 amide bonds. The fraction of sp³-hybridized carbons (Fsp3) is 0.727. The normalized spacial score (nSPS) is 14.2. The van der Waals surface area contributed by atoms with Gasteiger partial charge in [-0.15, -0.1) is 0 Å². The maximum absolute atomic E-state index is 12.6. The molecule has 1 fully saturated rings. The lowest BCUT2D eigenvalue weighted by atomic mass is 9.88. The third kappa shape index (κ3) is 6.68. The molecule has 1 aliphatic rings. The van der Waals surface area contributed by atoms with E-state index in [1.54, 1.807) is 24.3 Å². The number of hydrogen-bond acceptors (Lipinski definition) is 5. The highest BCUT2D eigenvalue weighted by Crippen LogP contribution is 2.24. The molecule has 0 atom stereocenters. The predicted octanol–water partition coefficient (Wildman–Crippen LogP) is 3.46. The van der Waals surface area contributed by atoms with Crippen LogP contribution < -0.4 is 4.90 Å². The molecule has 2 rings (SSSR count). The molecule has 7 nitrogen and oxygen atoms in total. The number of nitrogens with zero attached hydrogens (tertiary/aromatic N) is 5. The maximum Gasteiger partial charge on any atom is 0.273 e. The minimum atomic E-state index is -0.312. The van der Waals surface area contributed by atoms with Gasteiger partial charge in [-0.05, 0) is 12.8 Å². The van der Waals surface area contributed by atoms with Crippen molar-refractivity contribution in [1.82, 2.24) is 19.8 Å². The van der Waals surface area contributed by atoms with Gasteiger partial charge in [-0.3, -0.25) is 9.59 Å². The first kappa shape index (κ1) is 24.9. The molecule has 164 valence electrons. The zero-order valence-corrected chi connectivity index (χ0v) is 19.4. The molecular formula is C22H39N5O2. The number of carbonyl (C=O) groups is 2. The Hall–Kier alpha value is -2.18. The van der Waals surface area contributed by atoms with E-state index in [-0.39, 0.29) is 17.2 Å². The van der Waals surface area contributed by atoms with Crippen LogP contribution in [0.5, 0.6) is 0 Å². The number of unbranched alkanes of at least 4 members (excludes halogenated alkanes) is 1. The highest BCUT2D eigenvalue weighted by atomic mass is 16.2. The lowest BCUT2D eigenvalue weighted by Crippen LogP contribution is -2.52. The van der Waals surface area contributed by atoms with Gasteiger partial charge >= 0.3 is 0 Å². The molecule has 1 aliphatic heterocycles. The van der Waals surface area contributed by atoms with E-state index in [4.69, 9.17) is 0 Å². The quantitative estimate of drug-likeness (QED) is 0.695. The second-order valence-electron chi connectivity index (χ2n) is 7.86. The summed E-state index contributed by atoms with van der Waals surface area (Å²) < 4.78 is 0. The molecule has 1 aromatic rings. The molecule has 1 saturated heterocycles. The van der Waals surface area contributed by atoms with Crippen molar-refractivity contribution in [3.8, 4) is 0 Å². The van der Waals surface area contributed by atoms with Gasteiger partial charge in [-0.1, -0.05) is 48.0 Å². The minimum absolute atomic E-state index is 0.0975. The van der Waals surface area contributed by atoms with Crippen LogP contribution in [-0.2, 0) is 4.79 Å². The first-order valence-corrected chi connectivity index (χ1v) is 10.9. The third-order valence-electron chi connectivity index (χ3n) is 5.40. The van der Waals surface area contributed by atoms with Gasteiger partial charge in [0.15, 0.2) is 0 Å². The zero-order chi connectivity index (χ0) is 22.0. The lowest BCUT2D eigenvalue weighted by Gasteiger charge is -2.38. The largest absolute Gasteiger partial charge is 0.352 e. The van der Waals surface area contributed by atoms with Gasteiger partial charge in [-0.2, -0.15) is 0 Å². The molecule has 0 aromatic carbocycles. The minimum Gasteiger partial charge on any atom is -0.352 e. The van der Waals surface area contributed by atoms with Crippen molar-refractivity contribution >= 4 is 17.6 Å². The summed E-state index contributed by atoms with van der Waals surface area (Å²) in [5, 5.41) is 0. The summed E-state index contributed by atoms with van der Waals surface area (Å²) in [6.07, 6.45) is 6.07. The second kappa shape index (κ2) is 11.7. The molecule has 0 spiro atoms. The van der Waals surface area contributed by atoms with E-state index in [0.29, 0.717) is 18.8 Å². The van der Waals surface area contributed by atoms with Gasteiger partial charge in [0.2, 0.25) is 5.91 Å². The van der Waals surface area contributed by atoms with Gasteiger partial charge in [-0.25, -0.2) is 9.97 Å². The Labute approximate surface area is 176 Å². The highest BCUT2D eigenvalue weighted by Gasteiger charge is 2.32. The smallest absolute Gasteiger partial charge is 0.273 e. The van der Waals surface area contributed by atoms with Crippen LogP contribution in [0.4, 0.5) is 5.82 Å². The van der Waals surface area contributed by atoms with Crippen molar-refractivity contribution in [3.63, 3.8) is 0 Å². The van der Waals surface area contributed by atoms with Gasteiger partial charge in [0.1, 0.15) is 11.5 Å². The van der Waals surface area contributed by atoms with Crippen molar-refractivity contribution in [2.24, 2.45) is 5.41 Å². The first-order valence-electron chi connectivity index (χ1n) is 10.9. The number of amides is 2. The molecule has 0 radical (unpaired) electrons. The summed E-state index contributed by atoms with van der Waals surface area (Å²) in [7, 11) is 1.79. The van der Waals surface area contributed by atoms with E-state index in [1.165, 1.54) is 0 Å². The number of aromatic nitrogens is 2. The van der Waals surface area contributed by atoms with Crippen LogP contribution in [0.1, 0.15) is 71.3 Å². The van der Waals surface area contributed by atoms with Gasteiger partial charge < -0.3 is 14.7 Å². The van der Waals surface area contributed by atoms with Gasteiger partial charge in [0.05, 0.1) is 12.4 Å². The molecule has 0 aliphatic carbocycles. The molecule has 0 N–H and O–H groups in total. The van der Waals surface area contributed by atoms with Crippen LogP contribution >= 0.6 is 0 Å². The molecule has 0 unspecified atom stereocenters. The van der Waals surface area contributed by atoms with Crippen LogP contribution in [0.2, 0.25) is 0 Å². The monoisotopic (exact) mass is 405 g/mol. The summed E-state index contributed by atoms with van der Waals surface area (Å²) in [6, 6.07) is 0. The number of anilines is 1. The standard InChI is InChI=1S/C20H33N5O2.C2H6/c1-6-8-9-23(5)18(26)16-14-22-17(15-21-16)24-10-12-25(13-11-24)19(27)20(3,4)7-2;1-2/h14-15H,6-13H2,1-5H3;1-2H3. The third-order valence-corrected chi connectivity index (χ3v) is 5.40. The summed E-state index contributed by atoms with van der Waals surface area (Å²) in [5.41, 5.74) is 0.0595. The highest BCUT2D eigenvalue weighted by molar-refractivity contribution is 5.91. The molecule has 0 saturated carbocycles. The summed E-state index contributed by atoms with van der Waals surface area (Å²) in [5.74, 6) is 0.871. The van der Waals surface area contributed by atoms with Crippen LogP contribution in [0.25, 0.3) is 0 Å². The lowest BCUT2D eigenvalue weighted by molar-refractivity contribution is -0.140. The molecular weight excluding hydrogens is 366 g/mol. The van der Waals surface area contributed by atoms with Gasteiger partial charge in [0.25, 0.3) is 5.91 Å². The van der Waals surface area contributed by atoms with E-state index < -0.39 is 0 Å². The molecule has 2 heterocycles. The predicted molar refractivity (Wildman–Crippen MR) is 118 cm³/mol. The summed E-state index contributed by atoms with van der Waals surface area (Å²) >= 11 is 0. The molecule has 1 aromatic heterocycles. The SMILES string of the molecule is CC.CCCCN(C)C(=O)c1cnc(N2CCN(C(=O)C(C)(C)CC)CC2)cn1. The zero-order valence-electron chi connectivity index (χ0n) is 19.4. The van der Waals surface area contributed by atoms with Crippen LogP contribution in [0.15, 0.2) is 12.4 Å². The Bertz CT molecular complexity index is 637. The second-order valence-corrected chi connectivity index (χ2v) is 7.86. The van der Waals surface area contributed by atoms with Crippen molar-refractivity contribution in [1.29, 1.82) is 0 Å². The Balaban J connectivity index is 0.00000204. The van der Waals surface area contributed by atoms with Crippen molar-refractivity contribution in [2.45, 2.75) is 60.8 Å². The van der Waals surface area contributed by atoms with E-state index in [2.05, 4.69) is 21.8 Å². The Morgan fingerprint density at radius 2 is 1.69 bits per heavy atom. The summed E-state index contributed by atoms with van der Waals surface area (Å²) in [4.78, 5) is 39.4. The number of hydrogen-bond donors (Lipinski definition) is 0. The van der Waals surface area contributed by atoms with Crippen molar-refractivity contribution in [2.75, 3.05) is 44.7 Å². The van der Waals surface area contributed by atoms with Gasteiger partial charge in [0, 0.05) is 45.2 Å². The van der Waals surface area contributed by atoms with Crippen molar-refractivity contribution < 1.29 is 9.59 Å². The fourth-order valence-corrected chi connectivity index (χ4v) is 3.01. The Morgan fingerprint density at radius 1 is 1.07 bits per heavy atom. The van der Waals surface area contributed by atoms with E-state index in [1.807, 2.05) is 39.5 Å². The average molecular weight is 406 g/mol. The molecule has 7 heteroatoms. The van der Waals surface area contributed by atoms with Crippen LogP contribution in [0, 0.1) is 5.41 Å². The van der Waals surface area contributed by atoms with Crippen LogP contribution in [-0.4, -0.2) is 71.4 Å². The Kier molecular flexibility index (Phi) is 10.1. The van der Waals surface area contributed by atoms with Crippen molar-refractivity contribution in [3.05, 3.63) is 18.1 Å². The first-order chi connectivity index (χ1) is 13.8. The van der Waals surface area contributed by atoms with E-state index >= 15 is 0 Å². The maximum atomic E-state index is 12.6. The Morgan fingerprint density at radius 3 is 2.17 bits per heavy atom. The average Bonchev–Trinajstić information content (AvgIpc) is 2.78. The van der Waals surface area contributed by atoms with Crippen LogP contribution in [0.3, 0.4) is 0 Å². The number of rotatable bonds is 7. The fourth-order valence-electron chi connectivity index (χ4n) is 3.01. The molecule has 0 bridgehead atoms. The topological polar surface area (TPSA) is 69.6 Å².